The van der Waals surface area contributed by atoms with Crippen LogP contribution in [0.25, 0.3) is 0 Å². The van der Waals surface area contributed by atoms with E-state index in [-0.39, 0.29) is 10.8 Å². The lowest BCUT2D eigenvalue weighted by atomic mass is 10.0. The molecule has 2 aliphatic heterocycles. The number of nitrogens with zero attached hydrogens (tertiary/aromatic N) is 2. The number of nitrogens with one attached hydrogen (secondary N) is 2. The second kappa shape index (κ2) is 11.4. The molecule has 2 N–H and O–H groups in total. The Kier molecular flexibility index (Phi) is 8.34. The summed E-state index contributed by atoms with van der Waals surface area (Å²) < 4.78 is 29.5. The first-order chi connectivity index (χ1) is 16.8. The molecule has 190 valence electrons. The molecule has 0 unspecified atom stereocenters. The fraction of sp³-hybridized carbons (Fsp3) is 0.519. The molecule has 1 amide bonds. The third-order valence-electron chi connectivity index (χ3n) is 6.72. The Balaban J connectivity index is 1.63. The van der Waals surface area contributed by atoms with E-state index in [0.29, 0.717) is 17.2 Å². The zero-order chi connectivity index (χ0) is 24.8. The van der Waals surface area contributed by atoms with Crippen molar-refractivity contribution in [3.05, 3.63) is 53.6 Å². The van der Waals surface area contributed by atoms with Crippen LogP contribution in [0.2, 0.25) is 0 Å². The molecule has 0 saturated carbocycles. The maximum Gasteiger partial charge on any atom is 0.261 e. The summed E-state index contributed by atoms with van der Waals surface area (Å²) in [7, 11) is -3.81. The number of benzene rings is 2. The van der Waals surface area contributed by atoms with Gasteiger partial charge in [-0.05, 0) is 61.1 Å². The number of piperazine rings is 1. The second-order valence-electron chi connectivity index (χ2n) is 10.0. The van der Waals surface area contributed by atoms with Crippen LogP contribution in [0, 0.1) is 5.92 Å². The molecule has 7 nitrogen and oxygen atoms in total. The van der Waals surface area contributed by atoms with Crippen molar-refractivity contribution in [3.63, 3.8) is 0 Å². The SMILES string of the molecule is CC(C)Cc1ccc(S(=O)(=O)Nc2cc(C(=O)N3CCCCCC3)ccc2N2CCNCC2)cc1. The first-order valence-electron chi connectivity index (χ1n) is 12.8. The van der Waals surface area contributed by atoms with Gasteiger partial charge >= 0.3 is 0 Å². The van der Waals surface area contributed by atoms with Gasteiger partial charge < -0.3 is 15.1 Å². The summed E-state index contributed by atoms with van der Waals surface area (Å²) in [4.78, 5) is 17.6. The van der Waals surface area contributed by atoms with Crippen LogP contribution in [0.3, 0.4) is 0 Å². The number of anilines is 2. The molecule has 4 rings (SSSR count). The summed E-state index contributed by atoms with van der Waals surface area (Å²) in [6, 6.07) is 12.5. The zero-order valence-electron chi connectivity index (χ0n) is 20.9. The van der Waals surface area contributed by atoms with Crippen molar-refractivity contribution in [2.45, 2.75) is 50.8 Å². The molecule has 8 heteroatoms. The minimum Gasteiger partial charge on any atom is -0.367 e. The van der Waals surface area contributed by atoms with Gasteiger partial charge in [-0.25, -0.2) is 8.42 Å². The molecule has 2 aromatic rings. The van der Waals surface area contributed by atoms with Crippen molar-refractivity contribution in [1.29, 1.82) is 0 Å². The lowest BCUT2D eigenvalue weighted by molar-refractivity contribution is 0.0761. The Bertz CT molecular complexity index is 1100. The average Bonchev–Trinajstić information content (AvgIpc) is 3.13. The van der Waals surface area contributed by atoms with Crippen molar-refractivity contribution in [2.24, 2.45) is 5.92 Å². The fourth-order valence-corrected chi connectivity index (χ4v) is 5.93. The van der Waals surface area contributed by atoms with E-state index in [9.17, 15) is 13.2 Å². The summed E-state index contributed by atoms with van der Waals surface area (Å²) in [6.45, 7) is 9.00. The molecule has 2 heterocycles. The van der Waals surface area contributed by atoms with E-state index >= 15 is 0 Å². The molecule has 0 bridgehead atoms. The van der Waals surface area contributed by atoms with Crippen molar-refractivity contribution >= 4 is 27.3 Å². The van der Waals surface area contributed by atoms with Crippen LogP contribution in [0.4, 0.5) is 11.4 Å². The van der Waals surface area contributed by atoms with Gasteiger partial charge in [0.15, 0.2) is 0 Å². The van der Waals surface area contributed by atoms with Crippen molar-refractivity contribution < 1.29 is 13.2 Å². The van der Waals surface area contributed by atoms with E-state index in [1.807, 2.05) is 29.2 Å². The number of rotatable bonds is 7. The third-order valence-corrected chi connectivity index (χ3v) is 8.10. The Labute approximate surface area is 209 Å². The van der Waals surface area contributed by atoms with Gasteiger partial charge in [0.1, 0.15) is 0 Å². The van der Waals surface area contributed by atoms with E-state index < -0.39 is 10.0 Å². The van der Waals surface area contributed by atoms with Gasteiger partial charge in [0.05, 0.1) is 16.3 Å². The second-order valence-corrected chi connectivity index (χ2v) is 11.7. The van der Waals surface area contributed by atoms with E-state index in [4.69, 9.17) is 0 Å². The first-order valence-corrected chi connectivity index (χ1v) is 14.3. The van der Waals surface area contributed by atoms with Crippen molar-refractivity contribution in [2.75, 3.05) is 48.9 Å². The number of likely N-dealkylation sites (tertiary alicyclic amines) is 1. The zero-order valence-corrected chi connectivity index (χ0v) is 21.7. The summed E-state index contributed by atoms with van der Waals surface area (Å²) in [5, 5.41) is 3.33. The Hall–Kier alpha value is -2.58. The molecular formula is C27H38N4O3S. The van der Waals surface area contributed by atoms with Crippen LogP contribution < -0.4 is 14.9 Å². The Morgan fingerprint density at radius 1 is 0.943 bits per heavy atom. The molecule has 2 fully saturated rings. The quantitative estimate of drug-likeness (QED) is 0.600. The molecule has 2 aromatic carbocycles. The van der Waals surface area contributed by atoms with E-state index in [1.165, 1.54) is 0 Å². The van der Waals surface area contributed by atoms with Crippen molar-refractivity contribution in [1.82, 2.24) is 10.2 Å². The summed E-state index contributed by atoms with van der Waals surface area (Å²) in [5.74, 6) is 0.471. The maximum atomic E-state index is 13.4. The fourth-order valence-electron chi connectivity index (χ4n) is 4.87. The first kappa shape index (κ1) is 25.5. The van der Waals surface area contributed by atoms with E-state index in [1.54, 1.807) is 18.2 Å². The van der Waals surface area contributed by atoms with Gasteiger partial charge in [-0.2, -0.15) is 0 Å². The van der Waals surface area contributed by atoms with Gasteiger partial charge in [0, 0.05) is 44.8 Å². The minimum atomic E-state index is -3.81. The predicted octanol–water partition coefficient (Wildman–Crippen LogP) is 4.11. The summed E-state index contributed by atoms with van der Waals surface area (Å²) >= 11 is 0. The smallest absolute Gasteiger partial charge is 0.261 e. The Morgan fingerprint density at radius 3 is 2.23 bits per heavy atom. The number of amides is 1. The topological polar surface area (TPSA) is 81.8 Å². The lowest BCUT2D eigenvalue weighted by Crippen LogP contribution is -2.43. The highest BCUT2D eigenvalue weighted by atomic mass is 32.2. The highest BCUT2D eigenvalue weighted by Gasteiger charge is 2.23. The monoisotopic (exact) mass is 498 g/mol. The van der Waals surface area contributed by atoms with Crippen LogP contribution in [-0.2, 0) is 16.4 Å². The van der Waals surface area contributed by atoms with Gasteiger partial charge in [0.25, 0.3) is 15.9 Å². The van der Waals surface area contributed by atoms with Crippen LogP contribution in [-0.4, -0.2) is 58.5 Å². The predicted molar refractivity (Wildman–Crippen MR) is 142 cm³/mol. The molecule has 0 aliphatic carbocycles. The van der Waals surface area contributed by atoms with Gasteiger partial charge in [-0.1, -0.05) is 38.8 Å². The van der Waals surface area contributed by atoms with Gasteiger partial charge in [0.2, 0.25) is 0 Å². The van der Waals surface area contributed by atoms with Crippen LogP contribution in [0.5, 0.6) is 0 Å². The minimum absolute atomic E-state index is 0.0303. The summed E-state index contributed by atoms with van der Waals surface area (Å²) in [5.41, 5.74) is 2.90. The van der Waals surface area contributed by atoms with Crippen LogP contribution in [0.15, 0.2) is 47.4 Å². The standard InChI is InChI=1S/C27H38N4O3S/c1-21(2)19-22-7-10-24(11-8-22)35(33,34)29-25-20-23(27(32)31-15-5-3-4-6-16-31)9-12-26(25)30-17-13-28-14-18-30/h7-12,20-21,28-29H,3-6,13-19H2,1-2H3. The molecular weight excluding hydrogens is 460 g/mol. The molecule has 0 atom stereocenters. The Morgan fingerprint density at radius 2 is 1.60 bits per heavy atom. The molecule has 0 spiro atoms. The number of hydrogen-bond acceptors (Lipinski definition) is 5. The van der Waals surface area contributed by atoms with E-state index in [0.717, 1.165) is 82.6 Å². The highest BCUT2D eigenvalue weighted by molar-refractivity contribution is 7.92. The molecule has 2 aliphatic rings. The number of carbonyl (C=O) groups excluding carboxylic acids is 1. The number of sulfonamides is 1. The van der Waals surface area contributed by atoms with Gasteiger partial charge in [-0.15, -0.1) is 0 Å². The number of hydrogen-bond donors (Lipinski definition) is 2. The van der Waals surface area contributed by atoms with Crippen LogP contribution >= 0.6 is 0 Å². The molecule has 0 aromatic heterocycles. The van der Waals surface area contributed by atoms with E-state index in [2.05, 4.69) is 28.8 Å². The molecule has 35 heavy (non-hydrogen) atoms. The summed E-state index contributed by atoms with van der Waals surface area (Å²) in [6.07, 6.45) is 5.22. The van der Waals surface area contributed by atoms with Gasteiger partial charge in [-0.3, -0.25) is 9.52 Å². The average molecular weight is 499 g/mol. The lowest BCUT2D eigenvalue weighted by Gasteiger charge is -2.31. The normalized spacial score (nSPS) is 17.3. The third kappa shape index (κ3) is 6.55. The molecule has 2 saturated heterocycles. The van der Waals surface area contributed by atoms with Crippen molar-refractivity contribution in [3.8, 4) is 0 Å². The number of carbonyl (C=O) groups is 1. The highest BCUT2D eigenvalue weighted by Crippen LogP contribution is 2.31. The maximum absolute atomic E-state index is 13.4. The largest absolute Gasteiger partial charge is 0.367 e. The van der Waals surface area contributed by atoms with Crippen LogP contribution in [0.1, 0.15) is 55.5 Å². The molecule has 0 radical (unpaired) electrons.